The first-order valence-corrected chi connectivity index (χ1v) is 8.74. The molecule has 1 aliphatic heterocycles. The number of likely N-dealkylation sites (tertiary alicyclic amines) is 1. The van der Waals surface area contributed by atoms with Crippen molar-refractivity contribution in [1.29, 1.82) is 0 Å². The van der Waals surface area contributed by atoms with Gasteiger partial charge in [0.2, 0.25) is 11.8 Å². The lowest BCUT2D eigenvalue weighted by atomic mass is 10.0. The van der Waals surface area contributed by atoms with Gasteiger partial charge >= 0.3 is 0 Å². The second kappa shape index (κ2) is 9.24. The summed E-state index contributed by atoms with van der Waals surface area (Å²) in [5.41, 5.74) is 2.35. The van der Waals surface area contributed by atoms with Gasteiger partial charge in [-0.25, -0.2) is 0 Å². The highest BCUT2D eigenvalue weighted by Gasteiger charge is 2.22. The molecule has 2 amide bonds. The summed E-state index contributed by atoms with van der Waals surface area (Å²) < 4.78 is 0. The Morgan fingerprint density at radius 1 is 1.28 bits per heavy atom. The van der Waals surface area contributed by atoms with Gasteiger partial charge in [-0.1, -0.05) is 35.7 Å². The van der Waals surface area contributed by atoms with Crippen LogP contribution < -0.4 is 5.32 Å². The Balaban J connectivity index is 1.82. The predicted octanol–water partition coefficient (Wildman–Crippen LogP) is 1.56. The molecule has 1 saturated heterocycles. The van der Waals surface area contributed by atoms with E-state index >= 15 is 0 Å². The maximum Gasteiger partial charge on any atom is 0.234 e. The van der Waals surface area contributed by atoms with Gasteiger partial charge in [0.25, 0.3) is 0 Å². The summed E-state index contributed by atoms with van der Waals surface area (Å²) in [6.45, 7) is 6.42. The quantitative estimate of drug-likeness (QED) is 0.799. The van der Waals surface area contributed by atoms with E-state index in [1.54, 1.807) is 6.92 Å². The molecule has 0 aliphatic carbocycles. The maximum absolute atomic E-state index is 12.4. The molecule has 1 heterocycles. The number of amides is 2. The van der Waals surface area contributed by atoms with Crippen LogP contribution in [0.3, 0.4) is 0 Å². The van der Waals surface area contributed by atoms with Crippen molar-refractivity contribution in [1.82, 2.24) is 15.1 Å². The minimum Gasteiger partial charge on any atom is -0.352 e. The summed E-state index contributed by atoms with van der Waals surface area (Å²) in [5, 5.41) is 3.07. The van der Waals surface area contributed by atoms with Crippen molar-refractivity contribution in [3.8, 4) is 12.3 Å². The molecular weight excluding hydrogens is 314 g/mol. The van der Waals surface area contributed by atoms with Crippen molar-refractivity contribution in [2.45, 2.75) is 39.3 Å². The first-order valence-electron chi connectivity index (χ1n) is 8.74. The van der Waals surface area contributed by atoms with Crippen LogP contribution in [-0.2, 0) is 16.1 Å². The lowest BCUT2D eigenvalue weighted by molar-refractivity contribution is -0.130. The van der Waals surface area contributed by atoms with Crippen LogP contribution in [0, 0.1) is 19.3 Å². The first kappa shape index (κ1) is 19.0. The lowest BCUT2D eigenvalue weighted by Gasteiger charge is -2.32. The van der Waals surface area contributed by atoms with Crippen molar-refractivity contribution >= 4 is 11.8 Å². The Morgan fingerprint density at radius 2 is 1.92 bits per heavy atom. The third kappa shape index (κ3) is 6.24. The fraction of sp³-hybridized carbons (Fsp3) is 0.500. The van der Waals surface area contributed by atoms with E-state index in [9.17, 15) is 9.59 Å². The number of aryl methyl sites for hydroxylation is 1. The Kier molecular flexibility index (Phi) is 7.03. The van der Waals surface area contributed by atoms with Crippen molar-refractivity contribution in [3.05, 3.63) is 35.4 Å². The second-order valence-corrected chi connectivity index (χ2v) is 6.68. The zero-order valence-corrected chi connectivity index (χ0v) is 15.1. The Morgan fingerprint density at radius 3 is 2.48 bits per heavy atom. The average Bonchev–Trinajstić information content (AvgIpc) is 2.57. The van der Waals surface area contributed by atoms with Gasteiger partial charge < -0.3 is 10.2 Å². The summed E-state index contributed by atoms with van der Waals surface area (Å²) >= 11 is 0. The minimum atomic E-state index is -0.0105. The fourth-order valence-corrected chi connectivity index (χ4v) is 3.06. The molecule has 134 valence electrons. The molecule has 5 heteroatoms. The summed E-state index contributed by atoms with van der Waals surface area (Å²) in [6.07, 6.45) is 7.06. The van der Waals surface area contributed by atoms with E-state index < -0.39 is 0 Å². The van der Waals surface area contributed by atoms with Gasteiger partial charge in [0.05, 0.1) is 13.1 Å². The lowest BCUT2D eigenvalue weighted by Crippen LogP contribution is -2.48. The van der Waals surface area contributed by atoms with E-state index in [4.69, 9.17) is 6.42 Å². The van der Waals surface area contributed by atoms with Crippen molar-refractivity contribution in [2.24, 2.45) is 0 Å². The highest BCUT2D eigenvalue weighted by Crippen LogP contribution is 2.11. The molecule has 0 spiro atoms. The van der Waals surface area contributed by atoms with E-state index in [1.165, 1.54) is 5.56 Å². The van der Waals surface area contributed by atoms with Crippen LogP contribution in [-0.4, -0.2) is 53.8 Å². The highest BCUT2D eigenvalue weighted by molar-refractivity contribution is 5.78. The number of rotatable bonds is 6. The van der Waals surface area contributed by atoms with Crippen LogP contribution in [0.1, 0.15) is 30.9 Å². The predicted molar refractivity (Wildman–Crippen MR) is 98.7 cm³/mol. The van der Waals surface area contributed by atoms with Crippen LogP contribution in [0.2, 0.25) is 0 Å². The largest absolute Gasteiger partial charge is 0.352 e. The van der Waals surface area contributed by atoms with Gasteiger partial charge in [0, 0.05) is 32.6 Å². The third-order valence-electron chi connectivity index (χ3n) is 4.51. The number of terminal acetylenes is 1. The highest BCUT2D eigenvalue weighted by atomic mass is 16.2. The third-order valence-corrected chi connectivity index (χ3v) is 4.51. The van der Waals surface area contributed by atoms with Crippen molar-refractivity contribution in [2.75, 3.05) is 26.2 Å². The molecule has 0 atom stereocenters. The van der Waals surface area contributed by atoms with Crippen LogP contribution >= 0.6 is 0 Å². The molecule has 25 heavy (non-hydrogen) atoms. The van der Waals surface area contributed by atoms with E-state index in [0.717, 1.165) is 18.4 Å². The van der Waals surface area contributed by atoms with Crippen LogP contribution in [0.5, 0.6) is 0 Å². The van der Waals surface area contributed by atoms with E-state index in [1.807, 2.05) is 16.7 Å². The summed E-state index contributed by atoms with van der Waals surface area (Å²) in [4.78, 5) is 27.5. The second-order valence-electron chi connectivity index (χ2n) is 6.68. The molecule has 0 radical (unpaired) electrons. The fourth-order valence-electron chi connectivity index (χ4n) is 3.06. The first-order chi connectivity index (χ1) is 12.0. The molecule has 1 fully saturated rings. The van der Waals surface area contributed by atoms with Crippen molar-refractivity contribution < 1.29 is 9.59 Å². The minimum absolute atomic E-state index is 0.0105. The van der Waals surface area contributed by atoms with E-state index in [-0.39, 0.29) is 24.4 Å². The van der Waals surface area contributed by atoms with Gasteiger partial charge in [-0.05, 0) is 25.3 Å². The van der Waals surface area contributed by atoms with Gasteiger partial charge in [0.15, 0.2) is 0 Å². The number of hydrogen-bond donors (Lipinski definition) is 1. The van der Waals surface area contributed by atoms with Crippen molar-refractivity contribution in [3.63, 3.8) is 0 Å². The van der Waals surface area contributed by atoms with E-state index in [2.05, 4.69) is 35.5 Å². The molecule has 0 unspecified atom stereocenters. The molecule has 1 aromatic carbocycles. The molecule has 5 nitrogen and oxygen atoms in total. The van der Waals surface area contributed by atoms with Gasteiger partial charge in [-0.2, -0.15) is 0 Å². The molecular formula is C20H27N3O2. The van der Waals surface area contributed by atoms with Crippen LogP contribution in [0.15, 0.2) is 24.3 Å². The number of nitrogens with one attached hydrogen (secondary N) is 1. The normalized spacial score (nSPS) is 15.0. The molecule has 2 rings (SSSR count). The smallest absolute Gasteiger partial charge is 0.234 e. The van der Waals surface area contributed by atoms with E-state index in [0.29, 0.717) is 26.2 Å². The molecule has 0 saturated carbocycles. The number of hydrogen-bond acceptors (Lipinski definition) is 3. The van der Waals surface area contributed by atoms with Gasteiger partial charge in [-0.15, -0.1) is 6.42 Å². The van der Waals surface area contributed by atoms with Crippen LogP contribution in [0.25, 0.3) is 0 Å². The molecule has 1 N–H and O–H groups in total. The summed E-state index contributed by atoms with van der Waals surface area (Å²) in [6, 6.07) is 8.39. The molecule has 0 aromatic heterocycles. The summed E-state index contributed by atoms with van der Waals surface area (Å²) in [5.74, 6) is 2.72. The molecule has 0 bridgehead atoms. The number of carbonyl (C=O) groups is 2. The zero-order chi connectivity index (χ0) is 18.2. The monoisotopic (exact) mass is 341 g/mol. The number of piperidine rings is 1. The van der Waals surface area contributed by atoms with Crippen LogP contribution in [0.4, 0.5) is 0 Å². The maximum atomic E-state index is 12.4. The average molecular weight is 341 g/mol. The summed E-state index contributed by atoms with van der Waals surface area (Å²) in [7, 11) is 0. The topological polar surface area (TPSA) is 52.7 Å². The Labute approximate surface area is 150 Å². The SMILES string of the molecule is C#CCN(CC(=O)NC1CCN(C(C)=O)CC1)Cc1ccc(C)cc1. The number of carbonyl (C=O) groups excluding carboxylic acids is 2. The Bertz CT molecular complexity index is 625. The molecule has 1 aromatic rings. The zero-order valence-electron chi connectivity index (χ0n) is 15.1. The number of benzene rings is 1. The standard InChI is InChI=1S/C20H27N3O2/c1-4-11-22(14-18-7-5-16(2)6-8-18)15-20(25)21-19-9-12-23(13-10-19)17(3)24/h1,5-8,19H,9-15H2,2-3H3,(H,21,25). The Hall–Kier alpha value is -2.32. The van der Waals surface area contributed by atoms with Gasteiger partial charge in [-0.3, -0.25) is 14.5 Å². The molecule has 1 aliphatic rings. The van der Waals surface area contributed by atoms with Gasteiger partial charge in [0.1, 0.15) is 0 Å². The number of nitrogens with zero attached hydrogens (tertiary/aromatic N) is 2.